The molecule has 2 aromatic rings. The van der Waals surface area contributed by atoms with Crippen LogP contribution in [0.3, 0.4) is 0 Å². The number of amides is 2. The van der Waals surface area contributed by atoms with Crippen LogP contribution in [0.4, 0.5) is 9.93 Å². The fraction of sp³-hybridized carbons (Fsp3) is 0.421. The lowest BCUT2D eigenvalue weighted by Gasteiger charge is -2.04. The Hall–Kier alpha value is -2.41. The summed E-state index contributed by atoms with van der Waals surface area (Å²) in [4.78, 5) is 28.6. The number of hydrogen-bond acceptors (Lipinski definition) is 5. The lowest BCUT2D eigenvalue weighted by molar-refractivity contribution is -0.116. The highest BCUT2D eigenvalue weighted by Crippen LogP contribution is 2.30. The van der Waals surface area contributed by atoms with Crippen molar-refractivity contribution in [3.8, 4) is 11.3 Å². The molecule has 0 aliphatic heterocycles. The number of aromatic nitrogens is 1. The van der Waals surface area contributed by atoms with Crippen LogP contribution < -0.4 is 10.6 Å². The zero-order valence-corrected chi connectivity index (χ0v) is 16.2. The molecule has 0 unspecified atom stereocenters. The van der Waals surface area contributed by atoms with Gasteiger partial charge in [0.05, 0.1) is 12.8 Å². The van der Waals surface area contributed by atoms with E-state index >= 15 is 0 Å². The Morgan fingerprint density at radius 2 is 1.96 bits per heavy atom. The van der Waals surface area contributed by atoms with E-state index in [2.05, 4.69) is 51.5 Å². The number of carbonyl (C=O) groups excluding carboxylic acids is 2. The second-order valence-corrected chi connectivity index (χ2v) is 7.14. The number of aryl methyl sites for hydroxylation is 2. The average Bonchev–Trinajstić information content (AvgIpc) is 2.99. The van der Waals surface area contributed by atoms with Gasteiger partial charge < -0.3 is 15.4 Å². The van der Waals surface area contributed by atoms with Gasteiger partial charge in [-0.1, -0.05) is 37.6 Å². The molecule has 0 atom stereocenters. The highest BCUT2D eigenvalue weighted by Gasteiger charge is 2.12. The van der Waals surface area contributed by atoms with Crippen LogP contribution in [-0.4, -0.2) is 30.6 Å². The van der Waals surface area contributed by atoms with Crippen molar-refractivity contribution < 1.29 is 14.3 Å². The number of nitrogens with one attached hydrogen (secondary N) is 2. The minimum absolute atomic E-state index is 0.116. The first-order valence-corrected chi connectivity index (χ1v) is 9.53. The Balaban J connectivity index is 1.90. The summed E-state index contributed by atoms with van der Waals surface area (Å²) in [5.41, 5.74) is 3.28. The number of nitrogens with zero attached hydrogens (tertiary/aromatic N) is 1. The highest BCUT2D eigenvalue weighted by molar-refractivity contribution is 7.16. The summed E-state index contributed by atoms with van der Waals surface area (Å²) in [5, 5.41) is 5.98. The summed E-state index contributed by atoms with van der Waals surface area (Å²) in [6.07, 6.45) is 2.55. The normalized spacial score (nSPS) is 10.4. The summed E-state index contributed by atoms with van der Waals surface area (Å²) in [5.74, 6) is -0.116. The van der Waals surface area contributed by atoms with Crippen molar-refractivity contribution in [2.75, 3.05) is 19.0 Å². The van der Waals surface area contributed by atoms with E-state index in [1.807, 2.05) is 6.92 Å². The average molecular weight is 375 g/mol. The van der Waals surface area contributed by atoms with E-state index in [-0.39, 0.29) is 5.91 Å². The molecule has 26 heavy (non-hydrogen) atoms. The van der Waals surface area contributed by atoms with Gasteiger partial charge in [-0.3, -0.25) is 4.79 Å². The largest absolute Gasteiger partial charge is 0.453 e. The van der Waals surface area contributed by atoms with Gasteiger partial charge in [-0.25, -0.2) is 9.78 Å². The molecular weight excluding hydrogens is 350 g/mol. The zero-order valence-electron chi connectivity index (χ0n) is 15.4. The molecule has 2 amide bonds. The summed E-state index contributed by atoms with van der Waals surface area (Å²) in [6.45, 7) is 4.56. The molecule has 0 fully saturated rings. The van der Waals surface area contributed by atoms with Gasteiger partial charge >= 0.3 is 6.09 Å². The lowest BCUT2D eigenvalue weighted by Crippen LogP contribution is -2.25. The monoisotopic (exact) mass is 375 g/mol. The number of methoxy groups -OCH3 is 1. The van der Waals surface area contributed by atoms with E-state index in [4.69, 9.17) is 0 Å². The zero-order chi connectivity index (χ0) is 18.9. The number of hydrogen-bond donors (Lipinski definition) is 2. The van der Waals surface area contributed by atoms with Crippen LogP contribution in [0.15, 0.2) is 24.3 Å². The summed E-state index contributed by atoms with van der Waals surface area (Å²) in [7, 11) is 1.31. The Morgan fingerprint density at radius 3 is 2.62 bits per heavy atom. The molecule has 0 saturated heterocycles. The van der Waals surface area contributed by atoms with E-state index < -0.39 is 6.09 Å². The van der Waals surface area contributed by atoms with Gasteiger partial charge in [0.2, 0.25) is 5.91 Å². The fourth-order valence-electron chi connectivity index (χ4n) is 2.53. The van der Waals surface area contributed by atoms with Crippen LogP contribution in [0.2, 0.25) is 0 Å². The predicted molar refractivity (Wildman–Crippen MR) is 105 cm³/mol. The minimum atomic E-state index is -0.490. The van der Waals surface area contributed by atoms with Gasteiger partial charge in [-0.2, -0.15) is 0 Å². The van der Waals surface area contributed by atoms with Crippen molar-refractivity contribution in [2.45, 2.75) is 39.5 Å². The molecule has 1 aromatic heterocycles. The topological polar surface area (TPSA) is 80.3 Å². The van der Waals surface area contributed by atoms with E-state index in [9.17, 15) is 9.59 Å². The maximum Gasteiger partial charge on any atom is 0.406 e. The van der Waals surface area contributed by atoms with Crippen LogP contribution in [0.5, 0.6) is 0 Å². The predicted octanol–water partition coefficient (Wildman–Crippen LogP) is 4.15. The summed E-state index contributed by atoms with van der Waals surface area (Å²) >= 11 is 1.47. The molecule has 7 heteroatoms. The number of rotatable bonds is 8. The molecule has 2 rings (SSSR count). The van der Waals surface area contributed by atoms with Crippen molar-refractivity contribution in [1.29, 1.82) is 0 Å². The number of thiazole rings is 1. The molecule has 1 aromatic carbocycles. The first-order chi connectivity index (χ1) is 12.5. The molecule has 6 nitrogen and oxygen atoms in total. The molecule has 0 saturated carbocycles. The lowest BCUT2D eigenvalue weighted by atomic mass is 10.1. The first kappa shape index (κ1) is 19.9. The third kappa shape index (κ3) is 5.84. The highest BCUT2D eigenvalue weighted by atomic mass is 32.1. The van der Waals surface area contributed by atoms with Crippen LogP contribution in [-0.2, 0) is 16.0 Å². The molecule has 2 N–H and O–H groups in total. The summed E-state index contributed by atoms with van der Waals surface area (Å²) < 4.78 is 4.47. The molecule has 1 heterocycles. The quantitative estimate of drug-likeness (QED) is 0.679. The molecule has 0 bridgehead atoms. The number of carbonyl (C=O) groups is 2. The van der Waals surface area contributed by atoms with Crippen LogP contribution in [0.25, 0.3) is 11.3 Å². The van der Waals surface area contributed by atoms with Gasteiger partial charge in [0.1, 0.15) is 0 Å². The van der Waals surface area contributed by atoms with Gasteiger partial charge in [0.15, 0.2) is 5.13 Å². The standard InChI is InChI=1S/C19H25N3O3S/c1-4-6-14-8-10-15(11-9-14)17-13(2)26-18(22-17)21-16(23)7-5-12-20-19(24)25-3/h8-11H,4-7,12H2,1-3H3,(H,20,24)(H,21,22,23). The molecule has 0 aliphatic carbocycles. The Kier molecular flexibility index (Phi) is 7.59. The van der Waals surface area contributed by atoms with E-state index in [0.29, 0.717) is 24.5 Å². The van der Waals surface area contributed by atoms with Crippen LogP contribution in [0, 0.1) is 6.92 Å². The smallest absolute Gasteiger partial charge is 0.406 e. The van der Waals surface area contributed by atoms with Gasteiger partial charge in [-0.15, -0.1) is 11.3 Å². The number of anilines is 1. The Labute approximate surface area is 158 Å². The number of benzene rings is 1. The number of ether oxygens (including phenoxy) is 1. The molecule has 140 valence electrons. The van der Waals surface area contributed by atoms with Crippen molar-refractivity contribution in [3.63, 3.8) is 0 Å². The van der Waals surface area contributed by atoms with Gasteiger partial charge in [-0.05, 0) is 25.3 Å². The van der Waals surface area contributed by atoms with Crippen LogP contribution >= 0.6 is 11.3 Å². The van der Waals surface area contributed by atoms with Crippen molar-refractivity contribution >= 4 is 28.5 Å². The van der Waals surface area contributed by atoms with E-state index in [1.54, 1.807) is 0 Å². The van der Waals surface area contributed by atoms with Gasteiger partial charge in [0, 0.05) is 23.4 Å². The third-order valence-corrected chi connectivity index (χ3v) is 4.73. The molecule has 0 spiro atoms. The third-order valence-electron chi connectivity index (χ3n) is 3.84. The second-order valence-electron chi connectivity index (χ2n) is 5.94. The Morgan fingerprint density at radius 1 is 1.23 bits per heavy atom. The van der Waals surface area contributed by atoms with Crippen molar-refractivity contribution in [1.82, 2.24) is 10.3 Å². The fourth-order valence-corrected chi connectivity index (χ4v) is 3.38. The minimum Gasteiger partial charge on any atom is -0.453 e. The number of alkyl carbamates (subject to hydrolysis) is 1. The second kappa shape index (κ2) is 9.91. The SMILES string of the molecule is CCCc1ccc(-c2nc(NC(=O)CCCNC(=O)OC)sc2C)cc1. The van der Waals surface area contributed by atoms with Gasteiger partial charge in [0.25, 0.3) is 0 Å². The Bertz CT molecular complexity index is 741. The molecule has 0 aliphatic rings. The van der Waals surface area contributed by atoms with E-state index in [0.717, 1.165) is 29.0 Å². The first-order valence-electron chi connectivity index (χ1n) is 8.72. The maximum absolute atomic E-state index is 12.0. The van der Waals surface area contributed by atoms with Crippen LogP contribution in [0.1, 0.15) is 36.6 Å². The van der Waals surface area contributed by atoms with Crippen molar-refractivity contribution in [3.05, 3.63) is 34.7 Å². The summed E-state index contributed by atoms with van der Waals surface area (Å²) in [6, 6.07) is 8.42. The van der Waals surface area contributed by atoms with E-state index in [1.165, 1.54) is 24.0 Å². The van der Waals surface area contributed by atoms with Crippen molar-refractivity contribution in [2.24, 2.45) is 0 Å². The molecule has 0 radical (unpaired) electrons. The maximum atomic E-state index is 12.0. The molecular formula is C19H25N3O3S.